The van der Waals surface area contributed by atoms with Crippen LogP contribution >= 0.6 is 0 Å². The Hall–Kier alpha value is -1.45. The fourth-order valence-electron chi connectivity index (χ4n) is 3.42. The molecule has 3 rings (SSSR count). The number of aliphatic hydroxyl groups excluding tert-OH is 2. The standard InChI is InChI=1S/C17H22N2O3/c18-10-13-3-1-2-4-14(13)11-19-7-5-17(6-8-19)9-15(20)16(21)12-22-17/h1-4,15-16,20-21H,5-9,11-12H2/t15-,16+/m1/s1. The van der Waals surface area contributed by atoms with Gasteiger partial charge in [0, 0.05) is 26.1 Å². The number of benzene rings is 1. The summed E-state index contributed by atoms with van der Waals surface area (Å²) >= 11 is 0. The van der Waals surface area contributed by atoms with Gasteiger partial charge in [-0.05, 0) is 24.5 Å². The number of nitriles is 1. The molecule has 0 saturated carbocycles. The maximum Gasteiger partial charge on any atom is 0.103 e. The molecule has 0 amide bonds. The van der Waals surface area contributed by atoms with E-state index in [9.17, 15) is 10.2 Å². The summed E-state index contributed by atoms with van der Waals surface area (Å²) in [6.45, 7) is 2.74. The second kappa shape index (κ2) is 6.35. The Morgan fingerprint density at radius 2 is 1.95 bits per heavy atom. The number of nitrogens with zero attached hydrogens (tertiary/aromatic N) is 2. The van der Waals surface area contributed by atoms with E-state index in [1.54, 1.807) is 0 Å². The third-order valence-electron chi connectivity index (χ3n) is 4.88. The molecule has 1 aromatic carbocycles. The third kappa shape index (κ3) is 3.16. The molecule has 118 valence electrons. The number of ether oxygens (including phenoxy) is 1. The van der Waals surface area contributed by atoms with Crippen molar-refractivity contribution in [2.75, 3.05) is 19.7 Å². The van der Waals surface area contributed by atoms with E-state index in [0.29, 0.717) is 6.42 Å². The van der Waals surface area contributed by atoms with E-state index in [1.165, 1.54) is 0 Å². The molecule has 5 heteroatoms. The minimum absolute atomic E-state index is 0.221. The molecule has 2 N–H and O–H groups in total. The maximum atomic E-state index is 9.88. The van der Waals surface area contributed by atoms with Gasteiger partial charge in [0.1, 0.15) is 6.10 Å². The summed E-state index contributed by atoms with van der Waals surface area (Å²) < 4.78 is 5.84. The minimum atomic E-state index is -0.758. The molecule has 1 spiro atoms. The monoisotopic (exact) mass is 302 g/mol. The smallest absolute Gasteiger partial charge is 0.103 e. The van der Waals surface area contributed by atoms with Gasteiger partial charge in [0.15, 0.2) is 0 Å². The number of likely N-dealkylation sites (tertiary alicyclic amines) is 1. The lowest BCUT2D eigenvalue weighted by Gasteiger charge is -2.46. The van der Waals surface area contributed by atoms with Crippen LogP contribution in [0.4, 0.5) is 0 Å². The van der Waals surface area contributed by atoms with Gasteiger partial charge < -0.3 is 14.9 Å². The number of rotatable bonds is 2. The van der Waals surface area contributed by atoms with E-state index in [2.05, 4.69) is 11.0 Å². The van der Waals surface area contributed by atoms with Crippen molar-refractivity contribution in [3.8, 4) is 6.07 Å². The summed E-state index contributed by atoms with van der Waals surface area (Å²) in [5.41, 5.74) is 1.50. The van der Waals surface area contributed by atoms with E-state index >= 15 is 0 Å². The van der Waals surface area contributed by atoms with Crippen LogP contribution in [0.15, 0.2) is 24.3 Å². The van der Waals surface area contributed by atoms with E-state index in [0.717, 1.165) is 43.6 Å². The van der Waals surface area contributed by atoms with Crippen LogP contribution < -0.4 is 0 Å². The Kier molecular flexibility index (Phi) is 4.46. The van der Waals surface area contributed by atoms with Crippen LogP contribution in [0, 0.1) is 11.3 Å². The summed E-state index contributed by atoms with van der Waals surface area (Å²) in [7, 11) is 0. The van der Waals surface area contributed by atoms with Crippen LogP contribution in [0.5, 0.6) is 0 Å². The maximum absolute atomic E-state index is 9.88. The molecular formula is C17H22N2O3. The van der Waals surface area contributed by atoms with Crippen molar-refractivity contribution in [2.24, 2.45) is 0 Å². The zero-order valence-electron chi connectivity index (χ0n) is 12.6. The highest BCUT2D eigenvalue weighted by atomic mass is 16.5. The largest absolute Gasteiger partial charge is 0.390 e. The first-order chi connectivity index (χ1) is 10.6. The molecular weight excluding hydrogens is 280 g/mol. The molecule has 2 heterocycles. The van der Waals surface area contributed by atoms with Crippen molar-refractivity contribution in [1.82, 2.24) is 4.90 Å². The summed E-state index contributed by atoms with van der Waals surface area (Å²) in [5.74, 6) is 0. The molecule has 2 aliphatic rings. The number of hydrogen-bond acceptors (Lipinski definition) is 5. The molecule has 22 heavy (non-hydrogen) atoms. The highest BCUT2D eigenvalue weighted by molar-refractivity contribution is 5.37. The third-order valence-corrected chi connectivity index (χ3v) is 4.88. The van der Waals surface area contributed by atoms with Gasteiger partial charge in [-0.2, -0.15) is 5.26 Å². The van der Waals surface area contributed by atoms with Crippen LogP contribution in [-0.4, -0.2) is 52.6 Å². The summed E-state index contributed by atoms with van der Waals surface area (Å²) in [4.78, 5) is 2.32. The van der Waals surface area contributed by atoms with Crippen LogP contribution in [0.3, 0.4) is 0 Å². The first-order valence-corrected chi connectivity index (χ1v) is 7.82. The van der Waals surface area contributed by atoms with Gasteiger partial charge >= 0.3 is 0 Å². The van der Waals surface area contributed by atoms with Crippen LogP contribution in [0.1, 0.15) is 30.4 Å². The Morgan fingerprint density at radius 1 is 1.23 bits per heavy atom. The molecule has 0 unspecified atom stereocenters. The number of piperidine rings is 1. The van der Waals surface area contributed by atoms with Crippen molar-refractivity contribution >= 4 is 0 Å². The molecule has 5 nitrogen and oxygen atoms in total. The van der Waals surface area contributed by atoms with Crippen LogP contribution in [-0.2, 0) is 11.3 Å². The molecule has 2 aliphatic heterocycles. The van der Waals surface area contributed by atoms with Gasteiger partial charge in [-0.3, -0.25) is 4.90 Å². The van der Waals surface area contributed by atoms with Gasteiger partial charge in [0.2, 0.25) is 0 Å². The topological polar surface area (TPSA) is 76.7 Å². The average Bonchev–Trinajstić information content (AvgIpc) is 2.54. The Bertz CT molecular complexity index is 561. The fraction of sp³-hybridized carbons (Fsp3) is 0.588. The highest BCUT2D eigenvalue weighted by Gasteiger charge is 2.42. The number of hydrogen-bond donors (Lipinski definition) is 2. The van der Waals surface area contributed by atoms with E-state index in [-0.39, 0.29) is 12.2 Å². The lowest BCUT2D eigenvalue weighted by Crippen LogP contribution is -2.54. The predicted octanol–water partition coefficient (Wildman–Crippen LogP) is 1.03. The quantitative estimate of drug-likeness (QED) is 0.853. The average molecular weight is 302 g/mol. The summed E-state index contributed by atoms with van der Waals surface area (Å²) in [6, 6.07) is 9.94. The van der Waals surface area contributed by atoms with E-state index in [4.69, 9.17) is 10.00 Å². The van der Waals surface area contributed by atoms with Crippen molar-refractivity contribution in [3.63, 3.8) is 0 Å². The lowest BCUT2D eigenvalue weighted by molar-refractivity contribution is -0.188. The SMILES string of the molecule is N#Cc1ccccc1CN1CCC2(CC1)C[C@@H](O)[C@@H](O)CO2. The van der Waals surface area contributed by atoms with Crippen LogP contribution in [0.25, 0.3) is 0 Å². The van der Waals surface area contributed by atoms with Gasteiger partial charge in [-0.1, -0.05) is 18.2 Å². The molecule has 1 aromatic rings. The lowest BCUT2D eigenvalue weighted by atomic mass is 9.82. The normalized spacial score (nSPS) is 28.4. The van der Waals surface area contributed by atoms with E-state index < -0.39 is 12.2 Å². The van der Waals surface area contributed by atoms with Crippen molar-refractivity contribution < 1.29 is 14.9 Å². The van der Waals surface area contributed by atoms with E-state index in [1.807, 2.05) is 24.3 Å². The Labute approximate surface area is 130 Å². The highest BCUT2D eigenvalue weighted by Crippen LogP contribution is 2.35. The van der Waals surface area contributed by atoms with Crippen molar-refractivity contribution in [2.45, 2.75) is 43.6 Å². The van der Waals surface area contributed by atoms with Gasteiger partial charge in [0.25, 0.3) is 0 Å². The van der Waals surface area contributed by atoms with Gasteiger partial charge in [0.05, 0.1) is 29.9 Å². The molecule has 0 aromatic heterocycles. The number of aliphatic hydroxyl groups is 2. The zero-order valence-corrected chi connectivity index (χ0v) is 12.6. The summed E-state index contributed by atoms with van der Waals surface area (Å²) in [5, 5.41) is 28.6. The molecule has 2 atom stereocenters. The molecule has 0 aliphatic carbocycles. The molecule has 2 saturated heterocycles. The van der Waals surface area contributed by atoms with Crippen LogP contribution in [0.2, 0.25) is 0 Å². The molecule has 0 bridgehead atoms. The van der Waals surface area contributed by atoms with Gasteiger partial charge in [-0.25, -0.2) is 0 Å². The first kappa shape index (κ1) is 15.4. The molecule has 2 fully saturated rings. The second-order valence-electron chi connectivity index (χ2n) is 6.38. The second-order valence-corrected chi connectivity index (χ2v) is 6.38. The fourth-order valence-corrected chi connectivity index (χ4v) is 3.42. The Balaban J connectivity index is 1.59. The summed E-state index contributed by atoms with van der Waals surface area (Å²) in [6.07, 6.45) is 0.777. The van der Waals surface area contributed by atoms with Gasteiger partial charge in [-0.15, -0.1) is 0 Å². The molecule has 0 radical (unpaired) electrons. The Morgan fingerprint density at radius 3 is 2.64 bits per heavy atom. The minimum Gasteiger partial charge on any atom is -0.390 e. The zero-order chi connectivity index (χ0) is 15.6. The van der Waals surface area contributed by atoms with Crippen molar-refractivity contribution in [3.05, 3.63) is 35.4 Å². The predicted molar refractivity (Wildman–Crippen MR) is 81.0 cm³/mol. The first-order valence-electron chi connectivity index (χ1n) is 7.82. The van der Waals surface area contributed by atoms with Crippen molar-refractivity contribution in [1.29, 1.82) is 5.26 Å².